The van der Waals surface area contributed by atoms with Crippen molar-refractivity contribution < 1.29 is 9.53 Å². The summed E-state index contributed by atoms with van der Waals surface area (Å²) < 4.78 is 5.32. The van der Waals surface area contributed by atoms with E-state index in [1.54, 1.807) is 0 Å². The molecule has 2 atom stereocenters. The molecule has 1 amide bonds. The first kappa shape index (κ1) is 14.5. The Kier molecular flexibility index (Phi) is 4.93. The van der Waals surface area contributed by atoms with Crippen LogP contribution in [0.1, 0.15) is 6.92 Å². The van der Waals surface area contributed by atoms with Gasteiger partial charge in [-0.25, -0.2) is 9.97 Å². The molecule has 0 spiro atoms. The second-order valence-electron chi connectivity index (χ2n) is 4.14. The minimum Gasteiger partial charge on any atom is -0.379 e. The summed E-state index contributed by atoms with van der Waals surface area (Å²) in [5.41, 5.74) is 0. The van der Waals surface area contributed by atoms with Crippen molar-refractivity contribution in [1.82, 2.24) is 15.3 Å². The second-order valence-corrected chi connectivity index (χ2v) is 4.87. The van der Waals surface area contributed by atoms with Gasteiger partial charge in [0.1, 0.15) is 11.0 Å². The quantitative estimate of drug-likeness (QED) is 0.648. The summed E-state index contributed by atoms with van der Waals surface area (Å²) in [6, 6.07) is 1.46. The van der Waals surface area contributed by atoms with Gasteiger partial charge in [-0.3, -0.25) is 4.79 Å². The fourth-order valence-corrected chi connectivity index (χ4v) is 2.36. The molecule has 2 N–H and O–H groups in total. The minimum absolute atomic E-state index is 0.00583. The highest BCUT2D eigenvalue weighted by molar-refractivity contribution is 6.32. The van der Waals surface area contributed by atoms with Gasteiger partial charge >= 0.3 is 0 Å². The molecular formula is C11H14Cl2N4O2. The van der Waals surface area contributed by atoms with Gasteiger partial charge in [0.05, 0.1) is 19.1 Å². The van der Waals surface area contributed by atoms with Crippen LogP contribution in [-0.4, -0.2) is 41.7 Å². The highest BCUT2D eigenvalue weighted by Gasteiger charge is 2.33. The van der Waals surface area contributed by atoms with E-state index >= 15 is 0 Å². The summed E-state index contributed by atoms with van der Waals surface area (Å²) in [4.78, 5) is 19.8. The third kappa shape index (κ3) is 3.76. The fourth-order valence-electron chi connectivity index (χ4n) is 1.95. The van der Waals surface area contributed by atoms with Crippen molar-refractivity contribution in [2.45, 2.75) is 13.0 Å². The third-order valence-electron chi connectivity index (χ3n) is 2.80. The first-order chi connectivity index (χ1) is 9.10. The Hall–Kier alpha value is -0.950. The van der Waals surface area contributed by atoms with Crippen molar-refractivity contribution in [3.8, 4) is 0 Å². The lowest BCUT2D eigenvalue weighted by Crippen LogP contribution is -2.41. The van der Waals surface area contributed by atoms with Gasteiger partial charge in [-0.05, 0) is 18.1 Å². The average molecular weight is 305 g/mol. The molecule has 1 aromatic heterocycles. The molecule has 104 valence electrons. The Balaban J connectivity index is 2.04. The standard InChI is InChI=1S/C11H14Cl2N4O2/c1-2-14-7-5-19-4-6(7)10(18)16-9-3-8(12)15-11(13)17-9/h3,6-7,14H,2,4-5H2,1H3,(H,15,16,17,18). The molecule has 8 heteroatoms. The SMILES string of the molecule is CCNC1COCC1C(=O)Nc1cc(Cl)nc(Cl)n1. The molecule has 1 aliphatic rings. The number of halogens is 2. The van der Waals surface area contributed by atoms with Gasteiger partial charge in [0.25, 0.3) is 0 Å². The highest BCUT2D eigenvalue weighted by atomic mass is 35.5. The second kappa shape index (κ2) is 6.47. The summed E-state index contributed by atoms with van der Waals surface area (Å²) in [6.45, 7) is 3.67. The van der Waals surface area contributed by atoms with Crippen molar-refractivity contribution in [2.75, 3.05) is 25.1 Å². The van der Waals surface area contributed by atoms with E-state index in [4.69, 9.17) is 27.9 Å². The van der Waals surface area contributed by atoms with Crippen LogP contribution in [0.2, 0.25) is 10.4 Å². The Morgan fingerprint density at radius 3 is 2.95 bits per heavy atom. The number of carbonyl (C=O) groups excluding carboxylic acids is 1. The van der Waals surface area contributed by atoms with Gasteiger partial charge < -0.3 is 15.4 Å². The summed E-state index contributed by atoms with van der Waals surface area (Å²) in [5.74, 6) is -0.140. The molecule has 0 radical (unpaired) electrons. The molecular weight excluding hydrogens is 291 g/mol. The molecule has 2 heterocycles. The molecule has 2 unspecified atom stereocenters. The maximum Gasteiger partial charge on any atom is 0.232 e. The predicted molar refractivity (Wildman–Crippen MR) is 72.5 cm³/mol. The number of hydrogen-bond donors (Lipinski definition) is 2. The van der Waals surface area contributed by atoms with Gasteiger partial charge in [0, 0.05) is 12.1 Å². The van der Waals surface area contributed by atoms with E-state index in [2.05, 4.69) is 20.6 Å². The maximum atomic E-state index is 12.1. The van der Waals surface area contributed by atoms with Crippen LogP contribution in [-0.2, 0) is 9.53 Å². The number of likely N-dealkylation sites (N-methyl/N-ethyl adjacent to an activating group) is 1. The van der Waals surface area contributed by atoms with Crippen molar-refractivity contribution in [2.24, 2.45) is 5.92 Å². The van der Waals surface area contributed by atoms with Gasteiger partial charge in [0.2, 0.25) is 11.2 Å². The van der Waals surface area contributed by atoms with Crippen LogP contribution in [0.15, 0.2) is 6.07 Å². The van der Waals surface area contributed by atoms with Crippen LogP contribution in [0.25, 0.3) is 0 Å². The summed E-state index contributed by atoms with van der Waals surface area (Å²) >= 11 is 11.4. The Morgan fingerprint density at radius 1 is 1.47 bits per heavy atom. The molecule has 6 nitrogen and oxygen atoms in total. The zero-order valence-electron chi connectivity index (χ0n) is 10.3. The van der Waals surface area contributed by atoms with E-state index in [1.807, 2.05) is 6.92 Å². The molecule has 0 aromatic carbocycles. The molecule has 1 aromatic rings. The van der Waals surface area contributed by atoms with Crippen molar-refractivity contribution >= 4 is 34.9 Å². The molecule has 0 aliphatic carbocycles. The molecule has 2 rings (SSSR count). The lowest BCUT2D eigenvalue weighted by molar-refractivity contribution is -0.120. The monoisotopic (exact) mass is 304 g/mol. The van der Waals surface area contributed by atoms with Crippen molar-refractivity contribution in [1.29, 1.82) is 0 Å². The predicted octanol–water partition coefficient (Wildman–Crippen LogP) is 1.35. The average Bonchev–Trinajstić information content (AvgIpc) is 2.76. The van der Waals surface area contributed by atoms with Crippen molar-refractivity contribution in [3.05, 3.63) is 16.5 Å². The fraction of sp³-hybridized carbons (Fsp3) is 0.545. The number of carbonyl (C=O) groups is 1. The Labute approximate surface area is 120 Å². The van der Waals surface area contributed by atoms with E-state index in [0.717, 1.165) is 6.54 Å². The maximum absolute atomic E-state index is 12.1. The molecule has 0 saturated carbocycles. The van der Waals surface area contributed by atoms with Crippen LogP contribution < -0.4 is 10.6 Å². The van der Waals surface area contributed by atoms with Gasteiger partial charge in [-0.2, -0.15) is 0 Å². The zero-order valence-corrected chi connectivity index (χ0v) is 11.8. The molecule has 1 aliphatic heterocycles. The van der Waals surface area contributed by atoms with Gasteiger partial charge in [-0.15, -0.1) is 0 Å². The van der Waals surface area contributed by atoms with Gasteiger partial charge in [-0.1, -0.05) is 18.5 Å². The number of rotatable bonds is 4. The number of amides is 1. The first-order valence-electron chi connectivity index (χ1n) is 5.92. The zero-order chi connectivity index (χ0) is 13.8. The smallest absolute Gasteiger partial charge is 0.232 e. The number of nitrogens with one attached hydrogen (secondary N) is 2. The molecule has 1 fully saturated rings. The highest BCUT2D eigenvalue weighted by Crippen LogP contribution is 2.18. The van der Waals surface area contributed by atoms with Crippen LogP contribution in [0.4, 0.5) is 5.82 Å². The van der Waals surface area contributed by atoms with Crippen LogP contribution in [0, 0.1) is 5.92 Å². The molecule has 0 bridgehead atoms. The summed E-state index contributed by atoms with van der Waals surface area (Å²) in [7, 11) is 0. The Morgan fingerprint density at radius 2 is 2.26 bits per heavy atom. The Bertz CT molecular complexity index is 452. The van der Waals surface area contributed by atoms with Crippen LogP contribution in [0.3, 0.4) is 0 Å². The lowest BCUT2D eigenvalue weighted by atomic mass is 10.0. The van der Waals surface area contributed by atoms with Gasteiger partial charge in [0.15, 0.2) is 0 Å². The molecule has 1 saturated heterocycles. The number of aromatic nitrogens is 2. The number of ether oxygens (including phenoxy) is 1. The van der Waals surface area contributed by atoms with Crippen LogP contribution >= 0.6 is 23.2 Å². The van der Waals surface area contributed by atoms with E-state index in [-0.39, 0.29) is 34.1 Å². The number of nitrogens with zero attached hydrogens (tertiary/aromatic N) is 2. The topological polar surface area (TPSA) is 76.1 Å². The van der Waals surface area contributed by atoms with Crippen molar-refractivity contribution in [3.63, 3.8) is 0 Å². The normalized spacial score (nSPS) is 22.5. The molecule has 19 heavy (non-hydrogen) atoms. The van der Waals surface area contributed by atoms with E-state index in [1.165, 1.54) is 6.07 Å². The largest absolute Gasteiger partial charge is 0.379 e. The third-order valence-corrected chi connectivity index (χ3v) is 3.17. The number of anilines is 1. The van der Waals surface area contributed by atoms with E-state index < -0.39 is 0 Å². The summed E-state index contributed by atoms with van der Waals surface area (Å²) in [6.07, 6.45) is 0. The first-order valence-corrected chi connectivity index (χ1v) is 6.67. The van der Waals surface area contributed by atoms with Crippen LogP contribution in [0.5, 0.6) is 0 Å². The lowest BCUT2D eigenvalue weighted by Gasteiger charge is -2.17. The van der Waals surface area contributed by atoms with E-state index in [0.29, 0.717) is 13.2 Å². The summed E-state index contributed by atoms with van der Waals surface area (Å²) in [5, 5.41) is 6.06. The van der Waals surface area contributed by atoms with E-state index in [9.17, 15) is 4.79 Å². The minimum atomic E-state index is -0.257. The number of hydrogen-bond acceptors (Lipinski definition) is 5.